The number of furan rings is 1. The molecule has 0 amide bonds. The molecular weight excluding hydrogens is 368 g/mol. The first kappa shape index (κ1) is 17.2. The van der Waals surface area contributed by atoms with Crippen LogP contribution in [0.1, 0.15) is 45.1 Å². The maximum Gasteiger partial charge on any atom is 0.230 e. The minimum Gasteiger partial charge on any atom is -0.432 e. The van der Waals surface area contributed by atoms with Crippen LogP contribution in [0.5, 0.6) is 0 Å². The number of thiophene rings is 1. The van der Waals surface area contributed by atoms with Crippen LogP contribution >= 0.6 is 11.3 Å². The van der Waals surface area contributed by atoms with E-state index in [2.05, 4.69) is 19.1 Å². The zero-order valence-electron chi connectivity index (χ0n) is 15.6. The summed E-state index contributed by atoms with van der Waals surface area (Å²) in [6, 6.07) is 13.4. The van der Waals surface area contributed by atoms with E-state index in [1.54, 1.807) is 23.5 Å². The van der Waals surface area contributed by atoms with Crippen molar-refractivity contribution in [3.8, 4) is 10.4 Å². The molecule has 1 aliphatic carbocycles. The van der Waals surface area contributed by atoms with Gasteiger partial charge in [0.2, 0.25) is 17.3 Å². The number of carbonyl (C=O) groups is 1. The molecule has 0 aliphatic heterocycles. The Bertz CT molecular complexity index is 1200. The number of benzene rings is 1. The van der Waals surface area contributed by atoms with E-state index in [1.165, 1.54) is 10.4 Å². The molecule has 0 fully saturated rings. The van der Waals surface area contributed by atoms with Crippen LogP contribution < -0.4 is 5.73 Å². The highest BCUT2D eigenvalue weighted by Gasteiger charge is 2.28. The third-order valence-electron chi connectivity index (χ3n) is 5.38. The van der Waals surface area contributed by atoms with Crippen molar-refractivity contribution in [3.05, 3.63) is 69.9 Å². The van der Waals surface area contributed by atoms with Gasteiger partial charge in [0.25, 0.3) is 0 Å². The van der Waals surface area contributed by atoms with Gasteiger partial charge in [0.1, 0.15) is 0 Å². The van der Waals surface area contributed by atoms with Crippen LogP contribution in [0.4, 0.5) is 5.69 Å². The molecule has 140 valence electrons. The molecule has 0 bridgehead atoms. The van der Waals surface area contributed by atoms with E-state index in [-0.39, 0.29) is 11.5 Å². The molecule has 4 nitrogen and oxygen atoms in total. The van der Waals surface area contributed by atoms with Crippen LogP contribution in [0.25, 0.3) is 21.5 Å². The monoisotopic (exact) mass is 388 g/mol. The van der Waals surface area contributed by atoms with Gasteiger partial charge in [-0.05, 0) is 50.3 Å². The zero-order valence-corrected chi connectivity index (χ0v) is 16.4. The van der Waals surface area contributed by atoms with Crippen LogP contribution in [0.15, 0.2) is 46.9 Å². The number of aromatic nitrogens is 1. The molecule has 3 heterocycles. The lowest BCUT2D eigenvalue weighted by molar-refractivity contribution is 0.101. The van der Waals surface area contributed by atoms with Gasteiger partial charge < -0.3 is 10.2 Å². The highest BCUT2D eigenvalue weighted by Crippen LogP contribution is 2.43. The molecular formula is C23H20N2O2S. The molecule has 2 N–H and O–H groups in total. The van der Waals surface area contributed by atoms with E-state index in [4.69, 9.17) is 15.1 Å². The number of hydrogen-bond donors (Lipinski definition) is 1. The van der Waals surface area contributed by atoms with E-state index in [9.17, 15) is 4.79 Å². The maximum absolute atomic E-state index is 13.0. The number of rotatable bonds is 3. The number of nitrogens with zero attached hydrogens (tertiary/aromatic N) is 1. The summed E-state index contributed by atoms with van der Waals surface area (Å²) < 4.78 is 5.97. The summed E-state index contributed by atoms with van der Waals surface area (Å²) in [6.07, 6.45) is 4.19. The molecule has 28 heavy (non-hydrogen) atoms. The Kier molecular flexibility index (Phi) is 4.05. The quantitative estimate of drug-likeness (QED) is 0.467. The number of ketones is 1. The molecule has 0 spiro atoms. The first-order valence-corrected chi connectivity index (χ1v) is 10.4. The highest BCUT2D eigenvalue weighted by atomic mass is 32.1. The normalized spacial score (nSPS) is 13.6. The highest BCUT2D eigenvalue weighted by molar-refractivity contribution is 7.15. The van der Waals surface area contributed by atoms with Gasteiger partial charge in [-0.3, -0.25) is 4.79 Å². The number of pyridine rings is 1. The minimum atomic E-state index is -0.206. The van der Waals surface area contributed by atoms with E-state index in [0.717, 1.165) is 47.2 Å². The fourth-order valence-corrected chi connectivity index (χ4v) is 4.98. The summed E-state index contributed by atoms with van der Waals surface area (Å²) >= 11 is 1.74. The Morgan fingerprint density at radius 2 is 1.89 bits per heavy atom. The summed E-state index contributed by atoms with van der Waals surface area (Å²) in [5.41, 5.74) is 11.4. The molecule has 0 radical (unpaired) electrons. The topological polar surface area (TPSA) is 69.1 Å². The summed E-state index contributed by atoms with van der Waals surface area (Å²) in [5, 5.41) is 0.779. The van der Waals surface area contributed by atoms with Crippen molar-refractivity contribution < 1.29 is 9.21 Å². The molecule has 4 aromatic rings. The molecule has 0 saturated heterocycles. The number of hydrogen-bond acceptors (Lipinski definition) is 5. The molecule has 0 saturated carbocycles. The molecule has 5 heteroatoms. The smallest absolute Gasteiger partial charge is 0.230 e. The van der Waals surface area contributed by atoms with Gasteiger partial charge in [-0.25, -0.2) is 4.98 Å². The fraction of sp³-hybridized carbons (Fsp3) is 0.217. The summed E-state index contributed by atoms with van der Waals surface area (Å²) in [7, 11) is 0. The lowest BCUT2D eigenvalue weighted by Gasteiger charge is -2.18. The molecule has 1 aromatic carbocycles. The van der Waals surface area contributed by atoms with Gasteiger partial charge in [-0.15, -0.1) is 11.3 Å². The second-order valence-electron chi connectivity index (χ2n) is 7.25. The van der Waals surface area contributed by atoms with Crippen molar-refractivity contribution >= 4 is 33.9 Å². The van der Waals surface area contributed by atoms with Crippen LogP contribution in [-0.4, -0.2) is 10.8 Å². The molecule has 0 unspecified atom stereocenters. The third-order valence-corrected chi connectivity index (χ3v) is 6.40. The van der Waals surface area contributed by atoms with Crippen LogP contribution in [0.3, 0.4) is 0 Å². The van der Waals surface area contributed by atoms with Crippen LogP contribution in [0.2, 0.25) is 0 Å². The van der Waals surface area contributed by atoms with Gasteiger partial charge in [0, 0.05) is 26.6 Å². The van der Waals surface area contributed by atoms with Crippen molar-refractivity contribution in [2.24, 2.45) is 0 Å². The van der Waals surface area contributed by atoms with Crippen molar-refractivity contribution in [1.29, 1.82) is 0 Å². The Balaban J connectivity index is 1.79. The van der Waals surface area contributed by atoms with Crippen molar-refractivity contribution in [1.82, 2.24) is 4.98 Å². The predicted molar refractivity (Wildman–Crippen MR) is 113 cm³/mol. The third kappa shape index (κ3) is 2.66. The first-order valence-electron chi connectivity index (χ1n) is 9.53. The SMILES string of the molecule is Cc1ccc(-c2c3c(nc4oc(C(=O)c5ccccc5)c(N)c24)CCCC3)s1. The number of fused-ring (bicyclic) bond motifs is 2. The van der Waals surface area contributed by atoms with E-state index in [1.807, 2.05) is 18.2 Å². The van der Waals surface area contributed by atoms with Gasteiger partial charge in [0.15, 0.2) is 0 Å². The van der Waals surface area contributed by atoms with Crippen LogP contribution in [0, 0.1) is 6.92 Å². The lowest BCUT2D eigenvalue weighted by Crippen LogP contribution is -2.07. The van der Waals surface area contributed by atoms with Crippen molar-refractivity contribution in [2.75, 3.05) is 5.73 Å². The second-order valence-corrected chi connectivity index (χ2v) is 8.54. The minimum absolute atomic E-state index is 0.186. The number of anilines is 1. The largest absolute Gasteiger partial charge is 0.432 e. The Morgan fingerprint density at radius 3 is 2.64 bits per heavy atom. The summed E-state index contributed by atoms with van der Waals surface area (Å²) in [5.74, 6) is -0.0204. The molecule has 1 aliphatic rings. The lowest BCUT2D eigenvalue weighted by atomic mass is 9.90. The Hall–Kier alpha value is -2.92. The van der Waals surface area contributed by atoms with Gasteiger partial charge in [-0.1, -0.05) is 30.3 Å². The summed E-state index contributed by atoms with van der Waals surface area (Å²) in [6.45, 7) is 2.10. The second kappa shape index (κ2) is 6.60. The number of nitrogen functional groups attached to an aromatic ring is 1. The molecule has 0 atom stereocenters. The predicted octanol–water partition coefficient (Wildman–Crippen LogP) is 5.56. The number of carbonyl (C=O) groups excluding carboxylic acids is 1. The van der Waals surface area contributed by atoms with Gasteiger partial charge >= 0.3 is 0 Å². The average Bonchev–Trinajstić information content (AvgIpc) is 3.30. The van der Waals surface area contributed by atoms with Gasteiger partial charge in [-0.2, -0.15) is 0 Å². The molecule has 3 aromatic heterocycles. The standard InChI is InChI=1S/C23H20N2O2S/c1-13-11-12-17(28-13)18-15-9-5-6-10-16(15)25-23-19(18)20(24)22(27-23)21(26)14-7-3-2-4-8-14/h2-4,7-8,11-12H,5-6,9-10,24H2,1H3. The number of nitrogens with two attached hydrogens (primary N) is 1. The van der Waals surface area contributed by atoms with Crippen molar-refractivity contribution in [2.45, 2.75) is 32.6 Å². The first-order chi connectivity index (χ1) is 13.6. The van der Waals surface area contributed by atoms with Gasteiger partial charge in [0.05, 0.1) is 11.1 Å². The molecule has 5 rings (SSSR count). The fourth-order valence-electron chi connectivity index (χ4n) is 4.04. The van der Waals surface area contributed by atoms with E-state index in [0.29, 0.717) is 17.0 Å². The Labute approximate surface area is 167 Å². The maximum atomic E-state index is 13.0. The van der Waals surface area contributed by atoms with Crippen molar-refractivity contribution in [3.63, 3.8) is 0 Å². The van der Waals surface area contributed by atoms with E-state index < -0.39 is 0 Å². The average molecular weight is 388 g/mol. The number of aryl methyl sites for hydroxylation is 2. The Morgan fingerprint density at radius 1 is 1.11 bits per heavy atom. The zero-order chi connectivity index (χ0) is 19.3. The van der Waals surface area contributed by atoms with Crippen LogP contribution in [-0.2, 0) is 12.8 Å². The summed E-state index contributed by atoms with van der Waals surface area (Å²) in [4.78, 5) is 20.2. The van der Waals surface area contributed by atoms with E-state index >= 15 is 0 Å².